The van der Waals surface area contributed by atoms with Gasteiger partial charge < -0.3 is 5.32 Å². The van der Waals surface area contributed by atoms with Crippen LogP contribution in [0.3, 0.4) is 0 Å². The summed E-state index contributed by atoms with van der Waals surface area (Å²) in [4.78, 5) is 29.9. The average Bonchev–Trinajstić information content (AvgIpc) is 2.81. The summed E-state index contributed by atoms with van der Waals surface area (Å²) in [5.74, 6) is 0.420. The molecule has 1 saturated heterocycles. The van der Waals surface area contributed by atoms with E-state index in [4.69, 9.17) is 0 Å². The monoisotopic (exact) mass is 454 g/mol. The summed E-state index contributed by atoms with van der Waals surface area (Å²) in [6, 6.07) is 15.5. The predicted molar refractivity (Wildman–Crippen MR) is 122 cm³/mol. The van der Waals surface area contributed by atoms with Crippen molar-refractivity contribution in [1.29, 1.82) is 0 Å². The standard InChI is InChI=1S/C23H26N4O4S/c1-17-25-21-10-6-5-9-20(21)23(29)27(17)16-22(28)24-15-18-11-13-26(14-12-18)32(30,31)19-7-3-2-4-8-19/h2-10,18H,11-16H2,1H3,(H,24,28). The summed E-state index contributed by atoms with van der Waals surface area (Å²) in [6.07, 6.45) is 1.34. The molecule has 0 atom stereocenters. The van der Waals surface area contributed by atoms with Gasteiger partial charge in [0.2, 0.25) is 15.9 Å². The van der Waals surface area contributed by atoms with Crippen LogP contribution in [0.1, 0.15) is 18.7 Å². The third kappa shape index (κ3) is 4.58. The number of nitrogens with one attached hydrogen (secondary N) is 1. The normalized spacial score (nSPS) is 15.7. The Bertz CT molecular complexity index is 1280. The van der Waals surface area contributed by atoms with Crippen LogP contribution < -0.4 is 10.9 Å². The van der Waals surface area contributed by atoms with Crippen molar-refractivity contribution in [2.75, 3.05) is 19.6 Å². The number of para-hydroxylation sites is 1. The molecule has 4 rings (SSSR count). The van der Waals surface area contributed by atoms with Crippen LogP contribution in [0.4, 0.5) is 0 Å². The lowest BCUT2D eigenvalue weighted by Gasteiger charge is -2.31. The van der Waals surface area contributed by atoms with E-state index in [1.54, 1.807) is 55.5 Å². The Kier molecular flexibility index (Phi) is 6.38. The van der Waals surface area contributed by atoms with E-state index in [2.05, 4.69) is 10.3 Å². The van der Waals surface area contributed by atoms with Gasteiger partial charge in [-0.15, -0.1) is 0 Å². The topological polar surface area (TPSA) is 101 Å². The largest absolute Gasteiger partial charge is 0.354 e. The lowest BCUT2D eigenvalue weighted by molar-refractivity contribution is -0.122. The quantitative estimate of drug-likeness (QED) is 0.613. The molecule has 1 aliphatic rings. The molecular weight excluding hydrogens is 428 g/mol. The number of benzene rings is 2. The minimum absolute atomic E-state index is 0.0935. The maximum atomic E-state index is 12.7. The molecule has 1 N–H and O–H groups in total. The van der Waals surface area contributed by atoms with Crippen LogP contribution in [-0.2, 0) is 21.4 Å². The smallest absolute Gasteiger partial charge is 0.261 e. The fourth-order valence-electron chi connectivity index (χ4n) is 4.02. The van der Waals surface area contributed by atoms with Crippen LogP contribution in [0.5, 0.6) is 0 Å². The van der Waals surface area contributed by atoms with Gasteiger partial charge in [0.15, 0.2) is 0 Å². The fourth-order valence-corrected chi connectivity index (χ4v) is 5.51. The molecule has 168 valence electrons. The van der Waals surface area contributed by atoms with Gasteiger partial charge in [-0.1, -0.05) is 30.3 Å². The number of aromatic nitrogens is 2. The van der Waals surface area contributed by atoms with Crippen molar-refractivity contribution in [3.05, 3.63) is 70.8 Å². The average molecular weight is 455 g/mol. The molecule has 0 unspecified atom stereocenters. The van der Waals surface area contributed by atoms with E-state index in [0.717, 1.165) is 0 Å². The summed E-state index contributed by atoms with van der Waals surface area (Å²) in [5, 5.41) is 3.38. The molecule has 8 nitrogen and oxygen atoms in total. The first-order chi connectivity index (χ1) is 15.4. The molecule has 1 aromatic heterocycles. The van der Waals surface area contributed by atoms with E-state index in [-0.39, 0.29) is 23.9 Å². The van der Waals surface area contributed by atoms with E-state index >= 15 is 0 Å². The van der Waals surface area contributed by atoms with E-state index in [1.807, 2.05) is 6.07 Å². The number of fused-ring (bicyclic) bond motifs is 1. The number of carbonyl (C=O) groups is 1. The number of sulfonamides is 1. The van der Waals surface area contributed by atoms with Crippen LogP contribution in [0.2, 0.25) is 0 Å². The highest BCUT2D eigenvalue weighted by Crippen LogP contribution is 2.23. The van der Waals surface area contributed by atoms with Crippen LogP contribution >= 0.6 is 0 Å². The molecule has 32 heavy (non-hydrogen) atoms. The van der Waals surface area contributed by atoms with Crippen molar-refractivity contribution in [2.24, 2.45) is 5.92 Å². The number of hydrogen-bond acceptors (Lipinski definition) is 5. The Morgan fingerprint density at radius 2 is 1.72 bits per heavy atom. The van der Waals surface area contributed by atoms with Gasteiger partial charge in [-0.05, 0) is 49.9 Å². The van der Waals surface area contributed by atoms with Crippen molar-refractivity contribution in [1.82, 2.24) is 19.2 Å². The molecule has 0 aliphatic carbocycles. The molecule has 0 saturated carbocycles. The highest BCUT2D eigenvalue weighted by Gasteiger charge is 2.29. The first kappa shape index (κ1) is 22.2. The van der Waals surface area contributed by atoms with Gasteiger partial charge in [-0.25, -0.2) is 13.4 Å². The molecule has 0 bridgehead atoms. The SMILES string of the molecule is Cc1nc2ccccc2c(=O)n1CC(=O)NCC1CCN(S(=O)(=O)c2ccccc2)CC1. The van der Waals surface area contributed by atoms with Gasteiger partial charge in [-0.2, -0.15) is 4.31 Å². The number of amides is 1. The van der Waals surface area contributed by atoms with Crippen LogP contribution in [0, 0.1) is 12.8 Å². The molecule has 0 radical (unpaired) electrons. The van der Waals surface area contributed by atoms with Crippen LogP contribution in [-0.4, -0.2) is 47.8 Å². The van der Waals surface area contributed by atoms with Crippen LogP contribution in [0.15, 0.2) is 64.3 Å². The molecule has 1 fully saturated rings. The van der Waals surface area contributed by atoms with Gasteiger partial charge in [0.25, 0.3) is 5.56 Å². The minimum atomic E-state index is -3.48. The fraction of sp³-hybridized carbons (Fsp3) is 0.348. The van der Waals surface area contributed by atoms with E-state index in [9.17, 15) is 18.0 Å². The zero-order valence-corrected chi connectivity index (χ0v) is 18.7. The van der Waals surface area contributed by atoms with E-state index in [1.165, 1.54) is 8.87 Å². The molecule has 1 amide bonds. The summed E-state index contributed by atoms with van der Waals surface area (Å²) >= 11 is 0. The zero-order chi connectivity index (χ0) is 22.7. The van der Waals surface area contributed by atoms with E-state index in [0.29, 0.717) is 54.1 Å². The maximum Gasteiger partial charge on any atom is 0.261 e. The molecule has 2 aromatic carbocycles. The number of nitrogens with zero attached hydrogens (tertiary/aromatic N) is 3. The van der Waals surface area contributed by atoms with Crippen LogP contribution in [0.25, 0.3) is 10.9 Å². The lowest BCUT2D eigenvalue weighted by Crippen LogP contribution is -2.42. The first-order valence-electron chi connectivity index (χ1n) is 10.6. The second kappa shape index (κ2) is 9.22. The van der Waals surface area contributed by atoms with Crippen molar-refractivity contribution in [2.45, 2.75) is 31.2 Å². The van der Waals surface area contributed by atoms with Gasteiger partial charge in [0.05, 0.1) is 15.8 Å². The number of rotatable bonds is 6. The number of hydrogen-bond donors (Lipinski definition) is 1. The zero-order valence-electron chi connectivity index (χ0n) is 17.9. The maximum absolute atomic E-state index is 12.7. The van der Waals surface area contributed by atoms with Crippen molar-refractivity contribution >= 4 is 26.8 Å². The third-order valence-electron chi connectivity index (χ3n) is 5.90. The first-order valence-corrected chi connectivity index (χ1v) is 12.1. The molecule has 1 aliphatic heterocycles. The predicted octanol–water partition coefficient (Wildman–Crippen LogP) is 1.92. The lowest BCUT2D eigenvalue weighted by atomic mass is 9.98. The summed E-state index contributed by atoms with van der Waals surface area (Å²) in [5.41, 5.74) is 0.381. The highest BCUT2D eigenvalue weighted by atomic mass is 32.2. The number of carbonyl (C=O) groups excluding carboxylic acids is 1. The second-order valence-corrected chi connectivity index (χ2v) is 9.97. The minimum Gasteiger partial charge on any atom is -0.354 e. The third-order valence-corrected chi connectivity index (χ3v) is 7.81. The van der Waals surface area contributed by atoms with Crippen molar-refractivity contribution in [3.63, 3.8) is 0 Å². The number of aryl methyl sites for hydroxylation is 1. The molecule has 0 spiro atoms. The molecule has 3 aromatic rings. The van der Waals surface area contributed by atoms with Gasteiger partial charge in [0.1, 0.15) is 12.4 Å². The Balaban J connectivity index is 1.32. The van der Waals surface area contributed by atoms with E-state index < -0.39 is 10.0 Å². The van der Waals surface area contributed by atoms with Gasteiger partial charge >= 0.3 is 0 Å². The van der Waals surface area contributed by atoms with Crippen molar-refractivity contribution in [3.8, 4) is 0 Å². The number of piperidine rings is 1. The Hall–Kier alpha value is -3.04. The highest BCUT2D eigenvalue weighted by molar-refractivity contribution is 7.89. The summed E-state index contributed by atoms with van der Waals surface area (Å²) in [6.45, 7) is 2.91. The summed E-state index contributed by atoms with van der Waals surface area (Å²) in [7, 11) is -3.48. The molecular formula is C23H26N4O4S. The Labute approximate surface area is 186 Å². The molecule has 9 heteroatoms. The second-order valence-electron chi connectivity index (χ2n) is 8.03. The molecule has 2 heterocycles. The van der Waals surface area contributed by atoms with Gasteiger partial charge in [0, 0.05) is 19.6 Å². The van der Waals surface area contributed by atoms with Crippen molar-refractivity contribution < 1.29 is 13.2 Å². The Morgan fingerprint density at radius 1 is 1.06 bits per heavy atom. The summed E-state index contributed by atoms with van der Waals surface area (Å²) < 4.78 is 28.4. The Morgan fingerprint density at radius 3 is 2.44 bits per heavy atom. The van der Waals surface area contributed by atoms with Gasteiger partial charge in [-0.3, -0.25) is 14.2 Å².